The predicted octanol–water partition coefficient (Wildman–Crippen LogP) is 3.23. The van der Waals surface area contributed by atoms with Crippen molar-refractivity contribution in [3.8, 4) is 0 Å². The maximum absolute atomic E-state index is 10.8. The van der Waals surface area contributed by atoms with Gasteiger partial charge < -0.3 is 9.84 Å². The first-order chi connectivity index (χ1) is 7.58. The minimum absolute atomic E-state index is 0.0000926. The fourth-order valence-electron chi connectivity index (χ4n) is 0.917. The van der Waals surface area contributed by atoms with Crippen LogP contribution in [0.5, 0.6) is 0 Å². The number of carbonyl (C=O) groups is 2. The zero-order valence-electron chi connectivity index (χ0n) is 11.4. The van der Waals surface area contributed by atoms with Crippen LogP contribution in [0.3, 0.4) is 0 Å². The van der Waals surface area contributed by atoms with Crippen molar-refractivity contribution in [1.29, 1.82) is 0 Å². The molecule has 4 heteroatoms. The Bertz CT molecular complexity index is 249. The van der Waals surface area contributed by atoms with E-state index >= 15 is 0 Å². The molecule has 0 saturated heterocycles. The maximum Gasteiger partial charge on any atom is 0.311 e. The molecule has 4 nitrogen and oxygen atoms in total. The maximum atomic E-state index is 10.8. The third-order valence-electron chi connectivity index (χ3n) is 1.47. The van der Waals surface area contributed by atoms with Gasteiger partial charge in [-0.25, -0.2) is 0 Å². The second-order valence-electron chi connectivity index (χ2n) is 5.39. The van der Waals surface area contributed by atoms with E-state index in [2.05, 4.69) is 11.3 Å². The summed E-state index contributed by atoms with van der Waals surface area (Å²) >= 11 is 0. The summed E-state index contributed by atoms with van der Waals surface area (Å²) < 4.78 is 4.54. The van der Waals surface area contributed by atoms with Crippen LogP contribution in [0, 0.1) is 11.3 Å². The highest BCUT2D eigenvalue weighted by Gasteiger charge is 2.15. The molecule has 0 aliphatic carbocycles. The zero-order valence-corrected chi connectivity index (χ0v) is 11.4. The molecule has 0 heterocycles. The molecule has 1 N–H and O–H groups in total. The van der Waals surface area contributed by atoms with E-state index in [9.17, 15) is 9.59 Å². The number of hydrogen-bond acceptors (Lipinski definition) is 3. The Hall–Kier alpha value is -1.32. The molecule has 100 valence electrons. The van der Waals surface area contributed by atoms with Gasteiger partial charge in [0.05, 0.1) is 12.7 Å². The highest BCUT2D eigenvalue weighted by Crippen LogP contribution is 2.18. The van der Waals surface area contributed by atoms with Crippen molar-refractivity contribution in [2.24, 2.45) is 11.3 Å². The number of carboxylic acids is 1. The van der Waals surface area contributed by atoms with Crippen LogP contribution in [-0.2, 0) is 14.3 Å². The van der Waals surface area contributed by atoms with Crippen molar-refractivity contribution < 1.29 is 19.4 Å². The second-order valence-corrected chi connectivity index (χ2v) is 5.39. The molecule has 0 atom stereocenters. The quantitative estimate of drug-likeness (QED) is 0.609. The lowest BCUT2D eigenvalue weighted by Gasteiger charge is -2.15. The topological polar surface area (TPSA) is 63.6 Å². The molecular weight excluding hydrogens is 220 g/mol. The highest BCUT2D eigenvalue weighted by molar-refractivity contribution is 5.70. The standard InChI is InChI=1S/C8H14O2.C5H10O2/c1-5-10-7(9)6-8(2,3)4;1-4(2)3-5(6)7/h5H,1,6H2,2-4H3;4H,3H2,1-2H3,(H,6,7). The van der Waals surface area contributed by atoms with Gasteiger partial charge in [0.2, 0.25) is 0 Å². The van der Waals surface area contributed by atoms with Crippen molar-refractivity contribution in [2.45, 2.75) is 47.5 Å². The first-order valence-electron chi connectivity index (χ1n) is 5.60. The zero-order chi connectivity index (χ0) is 14.1. The Morgan fingerprint density at radius 2 is 1.82 bits per heavy atom. The van der Waals surface area contributed by atoms with Gasteiger partial charge in [-0.3, -0.25) is 9.59 Å². The molecule has 0 saturated carbocycles. The first-order valence-corrected chi connectivity index (χ1v) is 5.60. The highest BCUT2D eigenvalue weighted by atomic mass is 16.5. The molecule has 0 radical (unpaired) electrons. The van der Waals surface area contributed by atoms with Gasteiger partial charge in [-0.15, -0.1) is 0 Å². The third-order valence-corrected chi connectivity index (χ3v) is 1.47. The number of hydrogen-bond donors (Lipinski definition) is 1. The molecule has 0 fully saturated rings. The van der Waals surface area contributed by atoms with Crippen LogP contribution in [0.15, 0.2) is 12.8 Å². The molecule has 17 heavy (non-hydrogen) atoms. The van der Waals surface area contributed by atoms with Gasteiger partial charge >= 0.3 is 11.9 Å². The minimum Gasteiger partial charge on any atom is -0.481 e. The summed E-state index contributed by atoms with van der Waals surface area (Å²) in [5.74, 6) is -0.657. The van der Waals surface area contributed by atoms with Crippen LogP contribution in [0.1, 0.15) is 47.5 Å². The fraction of sp³-hybridized carbons (Fsp3) is 0.692. The lowest BCUT2D eigenvalue weighted by atomic mass is 9.93. The molecule has 0 aromatic heterocycles. The van der Waals surface area contributed by atoms with Gasteiger partial charge in [0, 0.05) is 6.42 Å². The van der Waals surface area contributed by atoms with Gasteiger partial charge in [0.1, 0.15) is 0 Å². The number of aliphatic carboxylic acids is 1. The Balaban J connectivity index is 0. The van der Waals surface area contributed by atoms with Crippen molar-refractivity contribution >= 4 is 11.9 Å². The van der Waals surface area contributed by atoms with Crippen LogP contribution in [0.4, 0.5) is 0 Å². The largest absolute Gasteiger partial charge is 0.481 e. The van der Waals surface area contributed by atoms with E-state index < -0.39 is 5.97 Å². The number of esters is 1. The molecule has 0 unspecified atom stereocenters. The average Bonchev–Trinajstić information content (AvgIpc) is 1.97. The van der Waals surface area contributed by atoms with E-state index in [1.807, 2.05) is 34.6 Å². The molecule has 0 bridgehead atoms. The minimum atomic E-state index is -0.713. The Kier molecular flexibility index (Phi) is 9.33. The Labute approximate surface area is 104 Å². The monoisotopic (exact) mass is 244 g/mol. The average molecular weight is 244 g/mol. The van der Waals surface area contributed by atoms with Crippen LogP contribution in [-0.4, -0.2) is 17.0 Å². The predicted molar refractivity (Wildman–Crippen MR) is 67.5 cm³/mol. The van der Waals surface area contributed by atoms with E-state index in [0.717, 1.165) is 6.26 Å². The summed E-state index contributed by atoms with van der Waals surface area (Å²) in [5.41, 5.74) is 0.0000926. The summed E-state index contributed by atoms with van der Waals surface area (Å²) in [5, 5.41) is 8.08. The summed E-state index contributed by atoms with van der Waals surface area (Å²) in [6.45, 7) is 13.0. The van der Waals surface area contributed by atoms with E-state index in [1.54, 1.807) is 0 Å². The number of rotatable bonds is 4. The fourth-order valence-corrected chi connectivity index (χ4v) is 0.917. The molecule has 0 aromatic rings. The van der Waals surface area contributed by atoms with Gasteiger partial charge in [0.15, 0.2) is 0 Å². The summed E-state index contributed by atoms with van der Waals surface area (Å²) in [6, 6.07) is 0. The molecule has 0 rings (SSSR count). The summed E-state index contributed by atoms with van der Waals surface area (Å²) in [6.07, 6.45) is 1.87. The summed E-state index contributed by atoms with van der Waals surface area (Å²) in [7, 11) is 0. The Morgan fingerprint density at radius 3 is 2.00 bits per heavy atom. The van der Waals surface area contributed by atoms with Crippen molar-refractivity contribution in [2.75, 3.05) is 0 Å². The molecule has 0 aliphatic rings. The molecule has 0 amide bonds. The van der Waals surface area contributed by atoms with Gasteiger partial charge in [-0.05, 0) is 11.3 Å². The van der Waals surface area contributed by atoms with E-state index in [1.165, 1.54) is 0 Å². The van der Waals surface area contributed by atoms with Crippen molar-refractivity contribution in [1.82, 2.24) is 0 Å². The van der Waals surface area contributed by atoms with Crippen molar-refractivity contribution in [3.63, 3.8) is 0 Å². The summed E-state index contributed by atoms with van der Waals surface area (Å²) in [4.78, 5) is 20.6. The van der Waals surface area contributed by atoms with E-state index in [-0.39, 0.29) is 23.7 Å². The van der Waals surface area contributed by atoms with E-state index in [4.69, 9.17) is 5.11 Å². The molecule has 0 aromatic carbocycles. The van der Waals surface area contributed by atoms with Gasteiger partial charge in [0.25, 0.3) is 0 Å². The number of carbonyl (C=O) groups excluding carboxylic acids is 1. The molecular formula is C13H24O4. The normalized spacial score (nSPS) is 10.2. The van der Waals surface area contributed by atoms with Crippen LogP contribution in [0.25, 0.3) is 0 Å². The van der Waals surface area contributed by atoms with Gasteiger partial charge in [-0.2, -0.15) is 0 Å². The smallest absolute Gasteiger partial charge is 0.311 e. The van der Waals surface area contributed by atoms with Crippen molar-refractivity contribution in [3.05, 3.63) is 12.8 Å². The Morgan fingerprint density at radius 1 is 1.35 bits per heavy atom. The number of carboxylic acid groups (broad SMARTS) is 1. The molecule has 0 aliphatic heterocycles. The van der Waals surface area contributed by atoms with Crippen LogP contribution in [0.2, 0.25) is 0 Å². The van der Waals surface area contributed by atoms with Gasteiger partial charge in [-0.1, -0.05) is 41.2 Å². The lowest BCUT2D eigenvalue weighted by Crippen LogP contribution is -2.13. The van der Waals surface area contributed by atoms with E-state index in [0.29, 0.717) is 6.42 Å². The number of ether oxygens (including phenoxy) is 1. The molecule has 0 spiro atoms. The first kappa shape index (κ1) is 18.1. The van der Waals surface area contributed by atoms with Crippen LogP contribution >= 0.6 is 0 Å². The van der Waals surface area contributed by atoms with Crippen LogP contribution < -0.4 is 0 Å². The second kappa shape index (κ2) is 8.79. The lowest BCUT2D eigenvalue weighted by molar-refractivity contribution is -0.140. The third kappa shape index (κ3) is 20.7. The SMILES string of the molecule is C=COC(=O)CC(C)(C)C.CC(C)CC(=O)O.